The maximum atomic E-state index is 12.4. The molecule has 6 heteroatoms. The monoisotopic (exact) mass is 330 g/mol. The number of carbonyl (C=O) groups is 1. The van der Waals surface area contributed by atoms with E-state index < -0.39 is 0 Å². The van der Waals surface area contributed by atoms with E-state index in [1.165, 1.54) is 0 Å². The molecule has 1 aromatic heterocycles. The van der Waals surface area contributed by atoms with Crippen LogP contribution in [0.25, 0.3) is 0 Å². The molecule has 120 valence electrons. The van der Waals surface area contributed by atoms with Gasteiger partial charge in [0, 0.05) is 38.1 Å². The van der Waals surface area contributed by atoms with E-state index in [0.29, 0.717) is 17.3 Å². The molecule has 2 N–H and O–H groups in total. The lowest BCUT2D eigenvalue weighted by Gasteiger charge is -2.35. The van der Waals surface area contributed by atoms with E-state index in [9.17, 15) is 4.79 Å². The molecule has 1 atom stereocenters. The fourth-order valence-corrected chi connectivity index (χ4v) is 2.96. The number of nitrogens with one attached hydrogen (secondary N) is 2. The zero-order valence-corrected chi connectivity index (χ0v) is 13.5. The van der Waals surface area contributed by atoms with Gasteiger partial charge in [-0.05, 0) is 23.8 Å². The molecule has 1 amide bonds. The SMILES string of the molecule is O=C(CN1CCNCC1c1cccnc1)Nc1ccccc1Cl. The fourth-order valence-electron chi connectivity index (χ4n) is 2.77. The Kier molecular flexibility index (Phi) is 5.23. The van der Waals surface area contributed by atoms with Crippen molar-refractivity contribution in [3.05, 3.63) is 59.4 Å². The van der Waals surface area contributed by atoms with Gasteiger partial charge in [-0.1, -0.05) is 29.8 Å². The van der Waals surface area contributed by atoms with Crippen LogP contribution in [-0.4, -0.2) is 42.0 Å². The minimum absolute atomic E-state index is 0.0612. The maximum Gasteiger partial charge on any atom is 0.238 e. The number of hydrogen-bond donors (Lipinski definition) is 2. The van der Waals surface area contributed by atoms with Crippen molar-refractivity contribution in [3.8, 4) is 0 Å². The highest BCUT2D eigenvalue weighted by molar-refractivity contribution is 6.33. The second-order valence-corrected chi connectivity index (χ2v) is 5.91. The molecule has 1 unspecified atom stereocenters. The topological polar surface area (TPSA) is 57.3 Å². The first-order chi connectivity index (χ1) is 11.2. The molecule has 1 saturated heterocycles. The van der Waals surface area contributed by atoms with Crippen molar-refractivity contribution in [2.24, 2.45) is 0 Å². The van der Waals surface area contributed by atoms with Gasteiger partial charge < -0.3 is 10.6 Å². The molecule has 0 bridgehead atoms. The van der Waals surface area contributed by atoms with Crippen molar-refractivity contribution in [1.82, 2.24) is 15.2 Å². The molecular formula is C17H19ClN4O. The number of halogens is 1. The second-order valence-electron chi connectivity index (χ2n) is 5.50. The molecule has 23 heavy (non-hydrogen) atoms. The van der Waals surface area contributed by atoms with Crippen molar-refractivity contribution >= 4 is 23.2 Å². The summed E-state index contributed by atoms with van der Waals surface area (Å²) in [6.45, 7) is 2.82. The summed E-state index contributed by atoms with van der Waals surface area (Å²) in [5.74, 6) is -0.0612. The lowest BCUT2D eigenvalue weighted by atomic mass is 10.1. The van der Waals surface area contributed by atoms with Gasteiger partial charge in [0.1, 0.15) is 0 Å². The van der Waals surface area contributed by atoms with Gasteiger partial charge in [0.15, 0.2) is 0 Å². The normalized spacial score (nSPS) is 18.6. The number of benzene rings is 1. The van der Waals surface area contributed by atoms with Crippen LogP contribution in [0.4, 0.5) is 5.69 Å². The van der Waals surface area contributed by atoms with Crippen molar-refractivity contribution in [3.63, 3.8) is 0 Å². The molecule has 1 aliphatic heterocycles. The molecule has 1 aliphatic rings. The highest BCUT2D eigenvalue weighted by Crippen LogP contribution is 2.23. The summed E-state index contributed by atoms with van der Waals surface area (Å²) in [6.07, 6.45) is 3.62. The van der Waals surface area contributed by atoms with Crippen LogP contribution in [0.3, 0.4) is 0 Å². The predicted octanol–water partition coefficient (Wildman–Crippen LogP) is 2.32. The van der Waals surface area contributed by atoms with Gasteiger partial charge >= 0.3 is 0 Å². The Hall–Kier alpha value is -1.95. The smallest absolute Gasteiger partial charge is 0.238 e. The van der Waals surface area contributed by atoms with Crippen LogP contribution in [0, 0.1) is 0 Å². The number of amides is 1. The number of rotatable bonds is 4. The van der Waals surface area contributed by atoms with Gasteiger partial charge in [-0.2, -0.15) is 0 Å². The summed E-state index contributed by atoms with van der Waals surface area (Å²) >= 11 is 6.09. The van der Waals surface area contributed by atoms with Crippen LogP contribution < -0.4 is 10.6 Å². The van der Waals surface area contributed by atoms with Crippen LogP contribution in [0.2, 0.25) is 5.02 Å². The van der Waals surface area contributed by atoms with Crippen molar-refractivity contribution in [2.45, 2.75) is 6.04 Å². The third kappa shape index (κ3) is 4.07. The Labute approximate surface area is 140 Å². The Balaban J connectivity index is 1.67. The zero-order chi connectivity index (χ0) is 16.1. The number of carbonyl (C=O) groups excluding carboxylic acids is 1. The standard InChI is InChI=1S/C17H19ClN4O/c18-14-5-1-2-6-15(14)21-17(23)12-22-9-8-20-11-16(22)13-4-3-7-19-10-13/h1-7,10,16,20H,8-9,11-12H2,(H,21,23). The summed E-state index contributed by atoms with van der Waals surface area (Å²) in [7, 11) is 0. The second kappa shape index (κ2) is 7.55. The lowest BCUT2D eigenvalue weighted by Crippen LogP contribution is -2.48. The summed E-state index contributed by atoms with van der Waals surface area (Å²) in [5, 5.41) is 6.80. The largest absolute Gasteiger partial charge is 0.324 e. The quantitative estimate of drug-likeness (QED) is 0.903. The Morgan fingerprint density at radius 2 is 2.22 bits per heavy atom. The fraction of sp³-hybridized carbons (Fsp3) is 0.294. The molecule has 1 fully saturated rings. The predicted molar refractivity (Wildman–Crippen MR) is 91.5 cm³/mol. The summed E-state index contributed by atoms with van der Waals surface area (Å²) in [5.41, 5.74) is 1.76. The molecule has 2 aromatic rings. The zero-order valence-electron chi connectivity index (χ0n) is 12.7. The van der Waals surface area contributed by atoms with Crippen LogP contribution in [0.15, 0.2) is 48.8 Å². The van der Waals surface area contributed by atoms with Crippen LogP contribution >= 0.6 is 11.6 Å². The first kappa shape index (κ1) is 15.9. The Morgan fingerprint density at radius 3 is 3.00 bits per heavy atom. The summed E-state index contributed by atoms with van der Waals surface area (Å²) in [4.78, 5) is 18.7. The van der Waals surface area contributed by atoms with Gasteiger partial charge in [0.05, 0.1) is 17.3 Å². The molecule has 0 saturated carbocycles. The van der Waals surface area contributed by atoms with E-state index >= 15 is 0 Å². The van der Waals surface area contributed by atoms with Gasteiger partial charge in [0.25, 0.3) is 0 Å². The molecular weight excluding hydrogens is 312 g/mol. The van der Waals surface area contributed by atoms with E-state index in [2.05, 4.69) is 20.5 Å². The highest BCUT2D eigenvalue weighted by atomic mass is 35.5. The molecule has 3 rings (SSSR count). The number of anilines is 1. The number of para-hydroxylation sites is 1. The van der Waals surface area contributed by atoms with Crippen molar-refractivity contribution < 1.29 is 4.79 Å². The van der Waals surface area contributed by atoms with E-state index in [1.807, 2.05) is 30.5 Å². The number of aromatic nitrogens is 1. The molecule has 5 nitrogen and oxygen atoms in total. The van der Waals surface area contributed by atoms with E-state index in [4.69, 9.17) is 11.6 Å². The Bertz CT molecular complexity index is 665. The van der Waals surface area contributed by atoms with Crippen molar-refractivity contribution in [1.29, 1.82) is 0 Å². The molecule has 0 radical (unpaired) electrons. The van der Waals surface area contributed by atoms with E-state index in [0.717, 1.165) is 25.2 Å². The molecule has 2 heterocycles. The van der Waals surface area contributed by atoms with Crippen LogP contribution in [-0.2, 0) is 4.79 Å². The summed E-state index contributed by atoms with van der Waals surface area (Å²) in [6, 6.07) is 11.4. The van der Waals surface area contributed by atoms with Gasteiger partial charge in [0.2, 0.25) is 5.91 Å². The van der Waals surface area contributed by atoms with E-state index in [-0.39, 0.29) is 11.9 Å². The van der Waals surface area contributed by atoms with Crippen LogP contribution in [0.5, 0.6) is 0 Å². The van der Waals surface area contributed by atoms with Crippen LogP contribution in [0.1, 0.15) is 11.6 Å². The minimum Gasteiger partial charge on any atom is -0.324 e. The molecule has 0 aliphatic carbocycles. The van der Waals surface area contributed by atoms with E-state index in [1.54, 1.807) is 18.3 Å². The lowest BCUT2D eigenvalue weighted by molar-refractivity contribution is -0.118. The van der Waals surface area contributed by atoms with Gasteiger partial charge in [-0.3, -0.25) is 14.7 Å². The minimum atomic E-state index is -0.0612. The number of hydrogen-bond acceptors (Lipinski definition) is 4. The number of pyridine rings is 1. The van der Waals surface area contributed by atoms with Crippen molar-refractivity contribution in [2.75, 3.05) is 31.5 Å². The summed E-state index contributed by atoms with van der Waals surface area (Å²) < 4.78 is 0. The third-order valence-electron chi connectivity index (χ3n) is 3.92. The van der Waals surface area contributed by atoms with Gasteiger partial charge in [-0.15, -0.1) is 0 Å². The molecule has 1 aromatic carbocycles. The maximum absolute atomic E-state index is 12.4. The first-order valence-corrected chi connectivity index (χ1v) is 8.01. The number of nitrogens with zero attached hydrogens (tertiary/aromatic N) is 2. The average Bonchev–Trinajstić information content (AvgIpc) is 2.58. The Morgan fingerprint density at radius 1 is 1.35 bits per heavy atom. The average molecular weight is 331 g/mol. The highest BCUT2D eigenvalue weighted by Gasteiger charge is 2.25. The number of piperazine rings is 1. The molecule has 0 spiro atoms. The van der Waals surface area contributed by atoms with Gasteiger partial charge in [-0.25, -0.2) is 0 Å². The first-order valence-electron chi connectivity index (χ1n) is 7.63. The third-order valence-corrected chi connectivity index (χ3v) is 4.25.